The molecule has 3 aromatic rings. The molecule has 4 rings (SSSR count). The molecule has 0 bridgehead atoms. The van der Waals surface area contributed by atoms with Crippen LogP contribution in [0.1, 0.15) is 51.5 Å². The Hall–Kier alpha value is -2.99. The molecule has 2 heterocycles. The van der Waals surface area contributed by atoms with Gasteiger partial charge in [-0.3, -0.25) is 9.89 Å². The number of rotatable bonds is 8. The summed E-state index contributed by atoms with van der Waals surface area (Å²) in [5.41, 5.74) is 9.25. The molecule has 0 saturated carbocycles. The number of unbranched alkanes of at least 4 members (excludes halogenated alkanes) is 1. The van der Waals surface area contributed by atoms with E-state index in [2.05, 4.69) is 35.9 Å². The lowest BCUT2D eigenvalue weighted by molar-refractivity contribution is 0.101. The van der Waals surface area contributed by atoms with Crippen molar-refractivity contribution < 1.29 is 9.15 Å². The van der Waals surface area contributed by atoms with Crippen molar-refractivity contribution >= 4 is 28.5 Å². The third-order valence-corrected chi connectivity index (χ3v) is 7.08. The minimum Gasteiger partial charge on any atom is -0.495 e. The van der Waals surface area contributed by atoms with Crippen molar-refractivity contribution in [2.24, 2.45) is 10.7 Å². The Balaban J connectivity index is 1.53. The highest BCUT2D eigenvalue weighted by atomic mass is 16.5. The Morgan fingerprint density at radius 3 is 2.59 bits per heavy atom. The van der Waals surface area contributed by atoms with Crippen LogP contribution in [0.2, 0.25) is 0 Å². The van der Waals surface area contributed by atoms with Gasteiger partial charge in [0.1, 0.15) is 11.3 Å². The Bertz CT molecular complexity index is 1080. The van der Waals surface area contributed by atoms with Gasteiger partial charge in [0.15, 0.2) is 0 Å². The number of fused-ring (bicyclic) bond motifs is 1. The molecule has 182 valence electrons. The van der Waals surface area contributed by atoms with Crippen LogP contribution in [0.5, 0.6) is 5.75 Å². The molecule has 2 atom stereocenters. The average molecular weight is 463 g/mol. The molecular formula is C28H38N4O2. The standard InChI is InChI=1S/C28H38N4O2/c1-20-10-9-11-21(2)31(20)17-8-7-12-22-15-16-26(33-4)24(18-22)32(28(29)30-3)27-19-23-13-5-6-14-25(23)34-27/h5-6,13-16,18-21H,7-12,17H2,1-4H3,(H2,29,30). The molecule has 34 heavy (non-hydrogen) atoms. The first kappa shape index (κ1) is 24.1. The van der Waals surface area contributed by atoms with Crippen molar-refractivity contribution in [3.05, 3.63) is 54.1 Å². The summed E-state index contributed by atoms with van der Waals surface area (Å²) < 4.78 is 11.8. The van der Waals surface area contributed by atoms with Crippen LogP contribution in [-0.4, -0.2) is 43.6 Å². The molecule has 2 unspecified atom stereocenters. The molecule has 6 nitrogen and oxygen atoms in total. The zero-order chi connectivity index (χ0) is 24.1. The van der Waals surface area contributed by atoms with E-state index in [1.54, 1.807) is 14.2 Å². The topological polar surface area (TPSA) is 67.2 Å². The van der Waals surface area contributed by atoms with Crippen LogP contribution >= 0.6 is 0 Å². The van der Waals surface area contributed by atoms with Crippen molar-refractivity contribution in [3.63, 3.8) is 0 Å². The molecule has 6 heteroatoms. The van der Waals surface area contributed by atoms with Gasteiger partial charge in [0.25, 0.3) is 0 Å². The first-order valence-corrected chi connectivity index (χ1v) is 12.5. The van der Waals surface area contributed by atoms with Crippen LogP contribution in [0.3, 0.4) is 0 Å². The number of nitrogens with zero attached hydrogens (tertiary/aromatic N) is 3. The maximum atomic E-state index is 6.36. The fourth-order valence-electron chi connectivity index (χ4n) is 5.14. The van der Waals surface area contributed by atoms with Gasteiger partial charge in [0.2, 0.25) is 11.8 Å². The van der Waals surface area contributed by atoms with Crippen molar-refractivity contribution in [1.82, 2.24) is 4.90 Å². The second-order valence-electron chi connectivity index (χ2n) is 9.37. The Labute approximate surface area is 203 Å². The number of nitrogens with two attached hydrogens (primary N) is 1. The zero-order valence-corrected chi connectivity index (χ0v) is 21.0. The quantitative estimate of drug-likeness (QED) is 0.248. The first-order valence-electron chi connectivity index (χ1n) is 12.5. The second kappa shape index (κ2) is 11.0. The lowest BCUT2D eigenvalue weighted by Crippen LogP contribution is -2.44. The molecule has 0 radical (unpaired) electrons. The van der Waals surface area contributed by atoms with Crippen molar-refractivity contribution in [3.8, 4) is 5.75 Å². The highest BCUT2D eigenvalue weighted by molar-refractivity contribution is 6.03. The predicted molar refractivity (Wildman–Crippen MR) is 141 cm³/mol. The summed E-state index contributed by atoms with van der Waals surface area (Å²) in [5, 5.41) is 1.02. The van der Waals surface area contributed by atoms with E-state index in [0.717, 1.165) is 35.2 Å². The Morgan fingerprint density at radius 1 is 1.12 bits per heavy atom. The predicted octanol–water partition coefficient (Wildman–Crippen LogP) is 6.11. The van der Waals surface area contributed by atoms with Gasteiger partial charge in [-0.25, -0.2) is 4.90 Å². The Morgan fingerprint density at radius 2 is 1.88 bits per heavy atom. The van der Waals surface area contributed by atoms with Gasteiger partial charge in [0.05, 0.1) is 12.8 Å². The molecule has 0 amide bonds. The third-order valence-electron chi connectivity index (χ3n) is 7.08. The van der Waals surface area contributed by atoms with Crippen LogP contribution in [0.15, 0.2) is 57.9 Å². The van der Waals surface area contributed by atoms with E-state index < -0.39 is 0 Å². The molecule has 1 aliphatic rings. The van der Waals surface area contributed by atoms with Gasteiger partial charge in [-0.15, -0.1) is 0 Å². The molecule has 2 N–H and O–H groups in total. The second-order valence-corrected chi connectivity index (χ2v) is 9.37. The van der Waals surface area contributed by atoms with Crippen molar-refractivity contribution in [2.75, 3.05) is 25.6 Å². The van der Waals surface area contributed by atoms with Gasteiger partial charge in [-0.05, 0) is 76.3 Å². The largest absolute Gasteiger partial charge is 0.495 e. The highest BCUT2D eigenvalue weighted by Crippen LogP contribution is 2.37. The fraction of sp³-hybridized carbons (Fsp3) is 0.464. The van der Waals surface area contributed by atoms with Crippen LogP contribution in [0.4, 0.5) is 11.6 Å². The summed E-state index contributed by atoms with van der Waals surface area (Å²) in [6.45, 7) is 5.92. The maximum absolute atomic E-state index is 6.36. The molecule has 0 spiro atoms. The van der Waals surface area contributed by atoms with E-state index in [-0.39, 0.29) is 0 Å². The SMILES string of the molecule is CN=C(N)N(c1cc2ccccc2o1)c1cc(CCCCN2C(C)CCCC2C)ccc1OC. The zero-order valence-electron chi connectivity index (χ0n) is 21.0. The number of anilines is 2. The first-order chi connectivity index (χ1) is 16.5. The van der Waals surface area contributed by atoms with Gasteiger partial charge in [-0.1, -0.05) is 30.7 Å². The van der Waals surface area contributed by atoms with Crippen molar-refractivity contribution in [2.45, 2.75) is 64.5 Å². The number of aliphatic imine (C=N–C) groups is 1. The summed E-state index contributed by atoms with van der Waals surface area (Å²) in [6, 6.07) is 17.6. The summed E-state index contributed by atoms with van der Waals surface area (Å²) in [6.07, 6.45) is 7.35. The Kier molecular flexibility index (Phi) is 7.78. The van der Waals surface area contributed by atoms with E-state index in [4.69, 9.17) is 14.9 Å². The van der Waals surface area contributed by atoms with E-state index in [9.17, 15) is 0 Å². The average Bonchev–Trinajstić information content (AvgIpc) is 3.27. The molecule has 2 aromatic carbocycles. The summed E-state index contributed by atoms with van der Waals surface area (Å²) >= 11 is 0. The van der Waals surface area contributed by atoms with Crippen LogP contribution in [-0.2, 0) is 6.42 Å². The van der Waals surface area contributed by atoms with Crippen LogP contribution < -0.4 is 15.4 Å². The lowest BCUT2D eigenvalue weighted by atomic mass is 9.97. The number of benzene rings is 2. The minimum atomic E-state index is 0.350. The maximum Gasteiger partial charge on any atom is 0.208 e. The van der Waals surface area contributed by atoms with Gasteiger partial charge < -0.3 is 14.9 Å². The number of para-hydroxylation sites is 1. The summed E-state index contributed by atoms with van der Waals surface area (Å²) in [7, 11) is 3.36. The van der Waals surface area contributed by atoms with E-state index in [1.165, 1.54) is 37.8 Å². The molecule has 1 aromatic heterocycles. The van der Waals surface area contributed by atoms with Gasteiger partial charge in [-0.2, -0.15) is 0 Å². The van der Waals surface area contributed by atoms with E-state index in [0.29, 0.717) is 23.9 Å². The van der Waals surface area contributed by atoms with Gasteiger partial charge >= 0.3 is 0 Å². The van der Waals surface area contributed by atoms with Crippen LogP contribution in [0, 0.1) is 0 Å². The minimum absolute atomic E-state index is 0.350. The number of aryl methyl sites for hydroxylation is 1. The molecule has 1 aliphatic heterocycles. The van der Waals surface area contributed by atoms with Crippen LogP contribution in [0.25, 0.3) is 11.0 Å². The highest BCUT2D eigenvalue weighted by Gasteiger charge is 2.24. The fourth-order valence-corrected chi connectivity index (χ4v) is 5.14. The van der Waals surface area contributed by atoms with E-state index >= 15 is 0 Å². The number of hydrogen-bond donors (Lipinski definition) is 1. The third kappa shape index (κ3) is 5.22. The number of piperidine rings is 1. The van der Waals surface area contributed by atoms with Gasteiger partial charge in [0, 0.05) is 30.6 Å². The number of methoxy groups -OCH3 is 1. The van der Waals surface area contributed by atoms with E-state index in [1.807, 2.05) is 41.3 Å². The lowest BCUT2D eigenvalue weighted by Gasteiger charge is -2.39. The number of likely N-dealkylation sites (tertiary alicyclic amines) is 1. The number of furan rings is 1. The molecule has 1 saturated heterocycles. The number of ether oxygens (including phenoxy) is 1. The number of hydrogen-bond acceptors (Lipinski definition) is 4. The molecular weight excluding hydrogens is 424 g/mol. The van der Waals surface area contributed by atoms with Crippen molar-refractivity contribution in [1.29, 1.82) is 0 Å². The molecule has 1 fully saturated rings. The number of guanidine groups is 1. The smallest absolute Gasteiger partial charge is 0.208 e. The monoisotopic (exact) mass is 462 g/mol. The molecule has 0 aliphatic carbocycles. The summed E-state index contributed by atoms with van der Waals surface area (Å²) in [4.78, 5) is 8.78. The normalized spacial score (nSPS) is 19.5. The summed E-state index contributed by atoms with van der Waals surface area (Å²) in [5.74, 6) is 1.70.